The van der Waals surface area contributed by atoms with Gasteiger partial charge in [0.2, 0.25) is 0 Å². The van der Waals surface area contributed by atoms with Gasteiger partial charge in [0.05, 0.1) is 0 Å². The third-order valence-corrected chi connectivity index (χ3v) is 4.58. The average Bonchev–Trinajstić information content (AvgIpc) is 3.11. The number of benzene rings is 2. The van der Waals surface area contributed by atoms with Crippen molar-refractivity contribution < 1.29 is 0 Å². The number of rotatable bonds is 4. The molecule has 1 saturated carbocycles. The molecule has 0 spiro atoms. The Morgan fingerprint density at radius 3 is 2.63 bits per heavy atom. The lowest BCUT2D eigenvalue weighted by Crippen LogP contribution is -2.25. The highest BCUT2D eigenvalue weighted by atomic mass is 79.9. The first-order chi connectivity index (χ1) is 9.17. The van der Waals surface area contributed by atoms with Crippen LogP contribution in [0.4, 0.5) is 0 Å². The van der Waals surface area contributed by atoms with Crippen LogP contribution in [0.1, 0.15) is 29.9 Å². The van der Waals surface area contributed by atoms with E-state index in [0.29, 0.717) is 5.92 Å². The van der Waals surface area contributed by atoms with Crippen molar-refractivity contribution in [1.82, 2.24) is 0 Å². The molecule has 1 nitrogen and oxygen atoms in total. The van der Waals surface area contributed by atoms with Crippen LogP contribution in [0.3, 0.4) is 0 Å². The van der Waals surface area contributed by atoms with Gasteiger partial charge in [-0.15, -0.1) is 0 Å². The van der Waals surface area contributed by atoms with Gasteiger partial charge in [0, 0.05) is 15.9 Å². The topological polar surface area (TPSA) is 26.0 Å². The maximum absolute atomic E-state index is 6.51. The summed E-state index contributed by atoms with van der Waals surface area (Å²) in [5.41, 5.74) is 9.25. The van der Waals surface area contributed by atoms with Crippen molar-refractivity contribution in [2.24, 2.45) is 5.73 Å². The second-order valence-corrected chi connectivity index (χ2v) is 6.45. The third kappa shape index (κ3) is 2.90. The molecule has 1 aliphatic carbocycles. The van der Waals surface area contributed by atoms with Gasteiger partial charge in [0.15, 0.2) is 0 Å². The minimum atomic E-state index is -0.00334. The normalized spacial score (nSPS) is 25.3. The van der Waals surface area contributed by atoms with Crippen molar-refractivity contribution in [1.29, 1.82) is 0 Å². The molecule has 1 aliphatic rings. The van der Waals surface area contributed by atoms with E-state index in [-0.39, 0.29) is 5.54 Å². The van der Waals surface area contributed by atoms with Gasteiger partial charge in [-0.1, -0.05) is 58.4 Å². The fourth-order valence-corrected chi connectivity index (χ4v) is 3.21. The van der Waals surface area contributed by atoms with E-state index >= 15 is 0 Å². The van der Waals surface area contributed by atoms with Gasteiger partial charge >= 0.3 is 0 Å². The van der Waals surface area contributed by atoms with Gasteiger partial charge in [-0.2, -0.15) is 0 Å². The number of halogens is 1. The molecule has 98 valence electrons. The molecule has 0 heterocycles. The number of hydrogen-bond acceptors (Lipinski definition) is 1. The Morgan fingerprint density at radius 2 is 1.89 bits per heavy atom. The third-order valence-electron chi connectivity index (χ3n) is 4.09. The van der Waals surface area contributed by atoms with Crippen LogP contribution in [-0.2, 0) is 6.42 Å². The monoisotopic (exact) mass is 315 g/mol. The van der Waals surface area contributed by atoms with E-state index in [2.05, 4.69) is 70.5 Å². The largest absolute Gasteiger partial charge is 0.325 e. The summed E-state index contributed by atoms with van der Waals surface area (Å²) in [6, 6.07) is 19.1. The van der Waals surface area contributed by atoms with Crippen LogP contribution < -0.4 is 5.73 Å². The van der Waals surface area contributed by atoms with Crippen LogP contribution in [-0.4, -0.2) is 5.54 Å². The molecule has 0 aromatic heterocycles. The first-order valence-electron chi connectivity index (χ1n) is 6.76. The predicted octanol–water partition coefficient (Wildman–Crippen LogP) is 4.27. The molecule has 0 saturated heterocycles. The van der Waals surface area contributed by atoms with Gasteiger partial charge in [-0.3, -0.25) is 0 Å². The summed E-state index contributed by atoms with van der Waals surface area (Å²) in [5.74, 6) is 0.522. The maximum atomic E-state index is 6.51. The van der Waals surface area contributed by atoms with E-state index in [4.69, 9.17) is 5.73 Å². The van der Waals surface area contributed by atoms with Gasteiger partial charge in [-0.25, -0.2) is 0 Å². The molecule has 1 fully saturated rings. The minimum Gasteiger partial charge on any atom is -0.325 e. The van der Waals surface area contributed by atoms with Crippen LogP contribution in [0.2, 0.25) is 0 Å². The molecule has 0 amide bonds. The van der Waals surface area contributed by atoms with E-state index in [0.717, 1.165) is 23.7 Å². The van der Waals surface area contributed by atoms with Gasteiger partial charge in [-0.05, 0) is 42.5 Å². The zero-order chi connectivity index (χ0) is 13.3. The standard InChI is InChI=1S/C17H18BrN/c18-15-8-4-7-14(11-15)16-12-17(16,19)10-9-13-5-2-1-3-6-13/h1-8,11,16H,9-10,12,19H2/t16-,17+/m0/s1. The molecule has 3 rings (SSSR count). The van der Waals surface area contributed by atoms with E-state index in [1.807, 2.05) is 0 Å². The number of aryl methyl sites for hydroxylation is 1. The maximum Gasteiger partial charge on any atom is 0.0234 e. The molecule has 2 aromatic carbocycles. The lowest BCUT2D eigenvalue weighted by atomic mass is 10.00. The highest BCUT2D eigenvalue weighted by Crippen LogP contribution is 2.52. The molecule has 2 heteroatoms. The fourth-order valence-electron chi connectivity index (χ4n) is 2.79. The Labute approximate surface area is 123 Å². The lowest BCUT2D eigenvalue weighted by molar-refractivity contribution is 0.589. The molecule has 0 aliphatic heterocycles. The predicted molar refractivity (Wildman–Crippen MR) is 83.2 cm³/mol. The molecule has 0 unspecified atom stereocenters. The first-order valence-corrected chi connectivity index (χ1v) is 7.55. The van der Waals surface area contributed by atoms with Crippen LogP contribution >= 0.6 is 15.9 Å². The van der Waals surface area contributed by atoms with Crippen LogP contribution in [0.15, 0.2) is 59.1 Å². The van der Waals surface area contributed by atoms with Gasteiger partial charge in [0.25, 0.3) is 0 Å². The molecular weight excluding hydrogens is 298 g/mol. The Morgan fingerprint density at radius 1 is 1.11 bits per heavy atom. The second kappa shape index (κ2) is 5.10. The summed E-state index contributed by atoms with van der Waals surface area (Å²) in [5, 5.41) is 0. The zero-order valence-corrected chi connectivity index (χ0v) is 12.4. The average molecular weight is 316 g/mol. The second-order valence-electron chi connectivity index (χ2n) is 5.53. The van der Waals surface area contributed by atoms with Crippen LogP contribution in [0.25, 0.3) is 0 Å². The Bertz CT molecular complexity index is 566. The van der Waals surface area contributed by atoms with Crippen molar-refractivity contribution in [3.05, 3.63) is 70.2 Å². The summed E-state index contributed by atoms with van der Waals surface area (Å²) in [6.45, 7) is 0. The molecule has 0 radical (unpaired) electrons. The lowest BCUT2D eigenvalue weighted by Gasteiger charge is -2.12. The van der Waals surface area contributed by atoms with E-state index in [1.54, 1.807) is 0 Å². The Hall–Kier alpha value is -1.12. The van der Waals surface area contributed by atoms with E-state index in [9.17, 15) is 0 Å². The van der Waals surface area contributed by atoms with Gasteiger partial charge in [0.1, 0.15) is 0 Å². The quantitative estimate of drug-likeness (QED) is 0.896. The minimum absolute atomic E-state index is 0.00334. The summed E-state index contributed by atoms with van der Waals surface area (Å²) in [7, 11) is 0. The summed E-state index contributed by atoms with van der Waals surface area (Å²) in [4.78, 5) is 0. The summed E-state index contributed by atoms with van der Waals surface area (Å²) < 4.78 is 1.14. The van der Waals surface area contributed by atoms with Crippen molar-refractivity contribution in [3.63, 3.8) is 0 Å². The van der Waals surface area contributed by atoms with Crippen molar-refractivity contribution in [2.75, 3.05) is 0 Å². The molecule has 2 N–H and O–H groups in total. The molecule has 2 atom stereocenters. The van der Waals surface area contributed by atoms with Crippen molar-refractivity contribution in [3.8, 4) is 0 Å². The molecule has 2 aromatic rings. The molecular formula is C17H18BrN. The zero-order valence-electron chi connectivity index (χ0n) is 10.9. The molecule has 19 heavy (non-hydrogen) atoms. The summed E-state index contributed by atoms with van der Waals surface area (Å²) >= 11 is 3.53. The van der Waals surface area contributed by atoms with E-state index < -0.39 is 0 Å². The highest BCUT2D eigenvalue weighted by Gasteiger charge is 2.50. The van der Waals surface area contributed by atoms with Crippen molar-refractivity contribution in [2.45, 2.75) is 30.7 Å². The van der Waals surface area contributed by atoms with Crippen LogP contribution in [0.5, 0.6) is 0 Å². The summed E-state index contributed by atoms with van der Waals surface area (Å²) in [6.07, 6.45) is 3.24. The SMILES string of the molecule is N[C@]1(CCc2ccccc2)C[C@H]1c1cccc(Br)c1. The number of hydrogen-bond donors (Lipinski definition) is 1. The van der Waals surface area contributed by atoms with E-state index in [1.165, 1.54) is 11.1 Å². The fraction of sp³-hybridized carbons (Fsp3) is 0.294. The van der Waals surface area contributed by atoms with Crippen molar-refractivity contribution >= 4 is 15.9 Å². The molecule has 0 bridgehead atoms. The van der Waals surface area contributed by atoms with Crippen LogP contribution in [0, 0.1) is 0 Å². The Kier molecular flexibility index (Phi) is 3.46. The smallest absolute Gasteiger partial charge is 0.0234 e. The van der Waals surface area contributed by atoms with Gasteiger partial charge < -0.3 is 5.73 Å². The Balaban J connectivity index is 1.64. The number of nitrogens with two attached hydrogens (primary N) is 1. The highest BCUT2D eigenvalue weighted by molar-refractivity contribution is 9.10. The first kappa shape index (κ1) is 12.9.